The Morgan fingerprint density at radius 3 is 2.75 bits per heavy atom. The van der Waals surface area contributed by atoms with Crippen molar-refractivity contribution in [1.82, 2.24) is 25.9 Å². The van der Waals surface area contributed by atoms with Crippen LogP contribution in [0.4, 0.5) is 5.69 Å². The summed E-state index contributed by atoms with van der Waals surface area (Å²) < 4.78 is 0.977. The first-order valence-electron chi connectivity index (χ1n) is 5.63. The van der Waals surface area contributed by atoms with E-state index in [9.17, 15) is 9.59 Å². The van der Waals surface area contributed by atoms with Gasteiger partial charge in [0.2, 0.25) is 0 Å². The highest BCUT2D eigenvalue weighted by molar-refractivity contribution is 14.1. The second-order valence-electron chi connectivity index (χ2n) is 3.98. The highest BCUT2D eigenvalue weighted by atomic mass is 127. The zero-order valence-electron chi connectivity index (χ0n) is 10.5. The van der Waals surface area contributed by atoms with Crippen LogP contribution < -0.4 is 10.6 Å². The largest absolute Gasteiger partial charge is 0.340 e. The number of rotatable bonds is 3. The molecule has 0 aliphatic carbocycles. The summed E-state index contributed by atoms with van der Waals surface area (Å²) in [7, 11) is 0. The molecule has 0 aliphatic rings. The van der Waals surface area contributed by atoms with Crippen LogP contribution in [0, 0.1) is 10.5 Å². The fourth-order valence-corrected chi connectivity index (χ4v) is 2.32. The van der Waals surface area contributed by atoms with E-state index in [1.807, 2.05) is 13.0 Å². The summed E-state index contributed by atoms with van der Waals surface area (Å²) in [5.74, 6) is -1.20. The summed E-state index contributed by atoms with van der Waals surface area (Å²) in [4.78, 5) is 23.3. The molecular formula is C11H11IN6O2. The molecule has 0 saturated heterocycles. The molecule has 2 amide bonds. The lowest BCUT2D eigenvalue weighted by molar-refractivity contribution is -0.136. The van der Waals surface area contributed by atoms with Gasteiger partial charge in [-0.3, -0.25) is 9.59 Å². The maximum absolute atomic E-state index is 11.7. The lowest BCUT2D eigenvalue weighted by atomic mass is 10.2. The number of benzene rings is 1. The molecular weight excluding hydrogens is 375 g/mol. The number of hydrogen-bond donors (Lipinski definition) is 3. The van der Waals surface area contributed by atoms with E-state index in [4.69, 9.17) is 0 Å². The van der Waals surface area contributed by atoms with Gasteiger partial charge >= 0.3 is 11.8 Å². The Labute approximate surface area is 127 Å². The van der Waals surface area contributed by atoms with Crippen LogP contribution in [0.3, 0.4) is 0 Å². The van der Waals surface area contributed by atoms with E-state index in [0.717, 1.165) is 9.13 Å². The van der Waals surface area contributed by atoms with Crippen molar-refractivity contribution in [2.75, 3.05) is 5.32 Å². The maximum atomic E-state index is 11.7. The molecule has 104 valence electrons. The lowest BCUT2D eigenvalue weighted by Gasteiger charge is -2.06. The first-order chi connectivity index (χ1) is 9.54. The number of H-pyrrole nitrogens is 1. The quantitative estimate of drug-likeness (QED) is 0.521. The van der Waals surface area contributed by atoms with E-state index in [-0.39, 0.29) is 6.54 Å². The second-order valence-corrected chi connectivity index (χ2v) is 5.23. The van der Waals surface area contributed by atoms with E-state index in [1.165, 1.54) is 0 Å². The second kappa shape index (κ2) is 6.41. The number of aromatic amines is 1. The van der Waals surface area contributed by atoms with Gasteiger partial charge in [-0.15, -0.1) is 10.2 Å². The van der Waals surface area contributed by atoms with Gasteiger partial charge in [0.15, 0.2) is 5.82 Å². The van der Waals surface area contributed by atoms with Crippen molar-refractivity contribution in [3.8, 4) is 0 Å². The molecule has 0 spiro atoms. The van der Waals surface area contributed by atoms with Crippen LogP contribution in [0.25, 0.3) is 0 Å². The number of carbonyl (C=O) groups is 2. The highest BCUT2D eigenvalue weighted by Gasteiger charge is 2.14. The van der Waals surface area contributed by atoms with Crippen LogP contribution in [0.1, 0.15) is 11.4 Å². The summed E-state index contributed by atoms with van der Waals surface area (Å²) >= 11 is 2.14. The fraction of sp³-hybridized carbons (Fsp3) is 0.182. The smallest absolute Gasteiger partial charge is 0.313 e. The zero-order chi connectivity index (χ0) is 14.5. The molecule has 0 aliphatic heterocycles. The van der Waals surface area contributed by atoms with Gasteiger partial charge in [-0.2, -0.15) is 5.21 Å². The summed E-state index contributed by atoms with van der Waals surface area (Å²) in [6, 6.07) is 5.52. The van der Waals surface area contributed by atoms with Gasteiger partial charge in [0, 0.05) is 9.26 Å². The number of tetrazole rings is 1. The molecule has 2 rings (SSSR count). The average molecular weight is 386 g/mol. The Morgan fingerprint density at radius 2 is 2.10 bits per heavy atom. The number of anilines is 1. The summed E-state index contributed by atoms with van der Waals surface area (Å²) in [5.41, 5.74) is 1.58. The number of nitrogens with zero attached hydrogens (tertiary/aromatic N) is 3. The van der Waals surface area contributed by atoms with Gasteiger partial charge < -0.3 is 10.6 Å². The van der Waals surface area contributed by atoms with Crippen LogP contribution in [0.2, 0.25) is 0 Å². The minimum Gasteiger partial charge on any atom is -0.340 e. The first-order valence-corrected chi connectivity index (χ1v) is 6.71. The maximum Gasteiger partial charge on any atom is 0.313 e. The predicted octanol–water partition coefficient (Wildman–Crippen LogP) is 0.368. The number of hydrogen-bond acceptors (Lipinski definition) is 5. The summed E-state index contributed by atoms with van der Waals surface area (Å²) in [6.45, 7) is 1.95. The third-order valence-electron chi connectivity index (χ3n) is 2.30. The molecule has 2 aromatic rings. The molecule has 1 heterocycles. The molecule has 0 radical (unpaired) electrons. The van der Waals surface area contributed by atoms with E-state index < -0.39 is 11.8 Å². The molecule has 3 N–H and O–H groups in total. The van der Waals surface area contributed by atoms with E-state index in [2.05, 4.69) is 53.8 Å². The summed E-state index contributed by atoms with van der Waals surface area (Å²) in [6.07, 6.45) is 0. The Kier molecular flexibility index (Phi) is 4.61. The van der Waals surface area contributed by atoms with Crippen LogP contribution >= 0.6 is 22.6 Å². The molecule has 9 heteroatoms. The van der Waals surface area contributed by atoms with Crippen molar-refractivity contribution in [2.24, 2.45) is 0 Å². The molecule has 0 fully saturated rings. The first kappa shape index (κ1) is 14.4. The lowest BCUT2D eigenvalue weighted by Crippen LogP contribution is -2.35. The molecule has 8 nitrogen and oxygen atoms in total. The van der Waals surface area contributed by atoms with Crippen molar-refractivity contribution in [1.29, 1.82) is 0 Å². The normalized spacial score (nSPS) is 10.1. The number of amides is 2. The van der Waals surface area contributed by atoms with Crippen molar-refractivity contribution in [3.63, 3.8) is 0 Å². The zero-order valence-corrected chi connectivity index (χ0v) is 12.6. The van der Waals surface area contributed by atoms with Crippen LogP contribution in [-0.4, -0.2) is 32.4 Å². The van der Waals surface area contributed by atoms with E-state index in [0.29, 0.717) is 11.5 Å². The van der Waals surface area contributed by atoms with E-state index in [1.54, 1.807) is 12.1 Å². The Bertz CT molecular complexity index is 608. The van der Waals surface area contributed by atoms with Crippen molar-refractivity contribution < 1.29 is 9.59 Å². The van der Waals surface area contributed by atoms with Crippen LogP contribution in [-0.2, 0) is 16.1 Å². The number of nitrogens with one attached hydrogen (secondary N) is 3. The Morgan fingerprint density at radius 1 is 1.30 bits per heavy atom. The fourth-order valence-electron chi connectivity index (χ4n) is 1.49. The number of carbonyl (C=O) groups excluding carboxylic acids is 2. The average Bonchev–Trinajstić information content (AvgIpc) is 2.87. The monoisotopic (exact) mass is 386 g/mol. The minimum atomic E-state index is -0.758. The molecule has 0 unspecified atom stereocenters. The number of aryl methyl sites for hydroxylation is 1. The summed E-state index contributed by atoms with van der Waals surface area (Å²) in [5, 5.41) is 17.8. The number of halogens is 1. The molecule has 1 aromatic heterocycles. The Balaban J connectivity index is 1.92. The molecule has 20 heavy (non-hydrogen) atoms. The van der Waals surface area contributed by atoms with Crippen LogP contribution in [0.15, 0.2) is 18.2 Å². The standard InChI is InChI=1S/C11H11IN6O2/c1-6-2-7(12)4-8(3-6)14-11(20)10(19)13-5-9-15-17-18-16-9/h2-4H,5H2,1H3,(H,13,19)(H,14,20)(H,15,16,17,18). The predicted molar refractivity (Wildman–Crippen MR) is 78.6 cm³/mol. The van der Waals surface area contributed by atoms with Gasteiger partial charge in [-0.05, 0) is 53.3 Å². The highest BCUT2D eigenvalue weighted by Crippen LogP contribution is 2.15. The van der Waals surface area contributed by atoms with Crippen molar-refractivity contribution in [2.45, 2.75) is 13.5 Å². The minimum absolute atomic E-state index is 0.0358. The third-order valence-corrected chi connectivity index (χ3v) is 2.93. The van der Waals surface area contributed by atoms with Gasteiger partial charge in [-0.25, -0.2) is 0 Å². The number of aromatic nitrogens is 4. The van der Waals surface area contributed by atoms with Gasteiger partial charge in [0.1, 0.15) is 0 Å². The molecule has 1 aromatic carbocycles. The van der Waals surface area contributed by atoms with Crippen LogP contribution in [0.5, 0.6) is 0 Å². The topological polar surface area (TPSA) is 113 Å². The molecule has 0 saturated carbocycles. The van der Waals surface area contributed by atoms with Crippen molar-refractivity contribution in [3.05, 3.63) is 33.2 Å². The van der Waals surface area contributed by atoms with Crippen molar-refractivity contribution >= 4 is 40.1 Å². The van der Waals surface area contributed by atoms with Gasteiger partial charge in [0.25, 0.3) is 0 Å². The van der Waals surface area contributed by atoms with Gasteiger partial charge in [-0.1, -0.05) is 5.21 Å². The Hall–Kier alpha value is -2.04. The molecule has 0 bridgehead atoms. The SMILES string of the molecule is Cc1cc(I)cc(NC(=O)C(=O)NCc2nn[nH]n2)c1. The van der Waals surface area contributed by atoms with E-state index >= 15 is 0 Å². The third kappa shape index (κ3) is 3.98. The van der Waals surface area contributed by atoms with Gasteiger partial charge in [0.05, 0.1) is 6.54 Å². The molecule has 0 atom stereocenters.